The van der Waals surface area contributed by atoms with Gasteiger partial charge in [0.15, 0.2) is 0 Å². The van der Waals surface area contributed by atoms with E-state index in [0.29, 0.717) is 25.7 Å². The van der Waals surface area contributed by atoms with Crippen molar-refractivity contribution in [3.63, 3.8) is 0 Å². The average Bonchev–Trinajstić information content (AvgIpc) is 2.46. The summed E-state index contributed by atoms with van der Waals surface area (Å²) in [6.45, 7) is 3.44. The molecule has 20 heavy (non-hydrogen) atoms. The number of aliphatic hydroxyl groups excluding tert-OH is 1. The van der Waals surface area contributed by atoms with Gasteiger partial charge >= 0.3 is 0 Å². The number of hydrogen-bond acceptors (Lipinski definition) is 4. The molecule has 0 aromatic rings. The van der Waals surface area contributed by atoms with E-state index < -0.39 is 0 Å². The molecular weight excluding hydrogens is 256 g/mol. The van der Waals surface area contributed by atoms with Gasteiger partial charge in [0.25, 0.3) is 0 Å². The van der Waals surface area contributed by atoms with Crippen LogP contribution >= 0.6 is 0 Å². The van der Waals surface area contributed by atoms with Crippen molar-refractivity contribution in [2.24, 2.45) is 0 Å². The minimum Gasteiger partial charge on any atom is -0.392 e. The van der Waals surface area contributed by atoms with Gasteiger partial charge in [-0.25, -0.2) is 0 Å². The molecular formula is C15H26N2O3. The number of β-amino-alcohol motifs (C(OH)–C–C–N with tert-alkyl or cyclic N) is 1. The summed E-state index contributed by atoms with van der Waals surface area (Å²) in [6, 6.07) is 0.291. The van der Waals surface area contributed by atoms with Gasteiger partial charge in [-0.15, -0.1) is 0 Å². The summed E-state index contributed by atoms with van der Waals surface area (Å²) in [7, 11) is 0. The fourth-order valence-electron chi connectivity index (χ4n) is 3.86. The van der Waals surface area contributed by atoms with E-state index in [2.05, 4.69) is 4.90 Å². The van der Waals surface area contributed by atoms with E-state index in [4.69, 9.17) is 4.74 Å². The Morgan fingerprint density at radius 3 is 2.85 bits per heavy atom. The maximum Gasteiger partial charge on any atom is 0.237 e. The van der Waals surface area contributed by atoms with Crippen molar-refractivity contribution in [2.75, 3.05) is 32.8 Å². The van der Waals surface area contributed by atoms with E-state index in [1.807, 2.05) is 4.90 Å². The van der Waals surface area contributed by atoms with Gasteiger partial charge in [0.05, 0.1) is 31.4 Å². The smallest absolute Gasteiger partial charge is 0.237 e. The predicted octanol–water partition coefficient (Wildman–Crippen LogP) is 0.613. The van der Waals surface area contributed by atoms with Crippen LogP contribution in [0.15, 0.2) is 0 Å². The second-order valence-electron chi connectivity index (χ2n) is 6.38. The van der Waals surface area contributed by atoms with Crippen LogP contribution in [0, 0.1) is 0 Å². The van der Waals surface area contributed by atoms with Gasteiger partial charge < -0.3 is 14.7 Å². The molecule has 0 aromatic carbocycles. The average molecular weight is 282 g/mol. The summed E-state index contributed by atoms with van der Waals surface area (Å²) >= 11 is 0. The molecule has 3 rings (SSSR count). The Balaban J connectivity index is 1.57. The van der Waals surface area contributed by atoms with Crippen molar-refractivity contribution in [3.8, 4) is 0 Å². The third-order valence-corrected chi connectivity index (χ3v) is 4.89. The highest BCUT2D eigenvalue weighted by Gasteiger charge is 2.37. The van der Waals surface area contributed by atoms with Crippen molar-refractivity contribution >= 4 is 5.91 Å². The standard InChI is InChI=1S/C15H26N2O3/c18-12-4-3-7-16(10-12)11-15(19)17-8-9-20-14-6-2-1-5-13(14)17/h12-14,18H,1-11H2. The molecule has 3 fully saturated rings. The van der Waals surface area contributed by atoms with E-state index in [1.54, 1.807) is 0 Å². The zero-order valence-corrected chi connectivity index (χ0v) is 12.2. The number of amides is 1. The zero-order chi connectivity index (χ0) is 13.9. The van der Waals surface area contributed by atoms with Gasteiger partial charge in [-0.05, 0) is 32.2 Å². The number of nitrogens with zero attached hydrogens (tertiary/aromatic N) is 2. The molecule has 3 atom stereocenters. The molecule has 0 spiro atoms. The fraction of sp³-hybridized carbons (Fsp3) is 0.933. The van der Waals surface area contributed by atoms with E-state index in [9.17, 15) is 9.90 Å². The number of fused-ring (bicyclic) bond motifs is 1. The molecule has 1 N–H and O–H groups in total. The first kappa shape index (κ1) is 14.3. The summed E-state index contributed by atoms with van der Waals surface area (Å²) in [6.07, 6.45) is 6.46. The van der Waals surface area contributed by atoms with Crippen LogP contribution in [0.2, 0.25) is 0 Å². The summed E-state index contributed by atoms with van der Waals surface area (Å²) in [5, 5.41) is 9.70. The van der Waals surface area contributed by atoms with Crippen LogP contribution < -0.4 is 0 Å². The predicted molar refractivity (Wildman–Crippen MR) is 75.4 cm³/mol. The minimum atomic E-state index is -0.260. The molecule has 0 radical (unpaired) electrons. The second kappa shape index (κ2) is 6.41. The van der Waals surface area contributed by atoms with Crippen molar-refractivity contribution in [1.82, 2.24) is 9.80 Å². The first-order chi connectivity index (χ1) is 9.74. The van der Waals surface area contributed by atoms with Crippen LogP contribution in [0.5, 0.6) is 0 Å². The van der Waals surface area contributed by atoms with Crippen molar-refractivity contribution in [3.05, 3.63) is 0 Å². The van der Waals surface area contributed by atoms with Crippen LogP contribution in [0.3, 0.4) is 0 Å². The topological polar surface area (TPSA) is 53.0 Å². The Hall–Kier alpha value is -0.650. The van der Waals surface area contributed by atoms with Crippen LogP contribution in [0.25, 0.3) is 0 Å². The van der Waals surface area contributed by atoms with Gasteiger partial charge in [-0.1, -0.05) is 12.8 Å². The Morgan fingerprint density at radius 2 is 2.00 bits per heavy atom. The molecule has 2 saturated heterocycles. The monoisotopic (exact) mass is 282 g/mol. The maximum atomic E-state index is 12.6. The molecule has 2 heterocycles. The maximum absolute atomic E-state index is 12.6. The van der Waals surface area contributed by atoms with E-state index >= 15 is 0 Å². The third kappa shape index (κ3) is 3.15. The lowest BCUT2D eigenvalue weighted by Gasteiger charge is -2.44. The summed E-state index contributed by atoms with van der Waals surface area (Å²) < 4.78 is 5.82. The number of carbonyl (C=O) groups is 1. The number of ether oxygens (including phenoxy) is 1. The Morgan fingerprint density at radius 1 is 1.15 bits per heavy atom. The number of rotatable bonds is 2. The zero-order valence-electron chi connectivity index (χ0n) is 12.2. The molecule has 3 unspecified atom stereocenters. The minimum absolute atomic E-state index is 0.222. The van der Waals surface area contributed by atoms with Crippen LogP contribution in [-0.2, 0) is 9.53 Å². The number of aliphatic hydroxyl groups is 1. The molecule has 5 nitrogen and oxygen atoms in total. The molecule has 0 aromatic heterocycles. The number of piperidine rings is 1. The highest BCUT2D eigenvalue weighted by Crippen LogP contribution is 2.28. The highest BCUT2D eigenvalue weighted by molar-refractivity contribution is 5.78. The molecule has 1 amide bonds. The van der Waals surface area contributed by atoms with Crippen LogP contribution in [-0.4, -0.2) is 71.8 Å². The number of carbonyl (C=O) groups excluding carboxylic acids is 1. The summed E-state index contributed by atoms with van der Waals surface area (Å²) in [4.78, 5) is 16.7. The summed E-state index contributed by atoms with van der Waals surface area (Å²) in [5.41, 5.74) is 0. The van der Waals surface area contributed by atoms with Crippen LogP contribution in [0.4, 0.5) is 0 Å². The molecule has 2 aliphatic heterocycles. The Bertz CT molecular complexity index is 348. The fourth-order valence-corrected chi connectivity index (χ4v) is 3.86. The first-order valence-electron chi connectivity index (χ1n) is 8.05. The normalized spacial score (nSPS) is 35.6. The van der Waals surface area contributed by atoms with Gasteiger partial charge in [0.1, 0.15) is 0 Å². The molecule has 1 saturated carbocycles. The number of morpholine rings is 1. The number of likely N-dealkylation sites (tertiary alicyclic amines) is 1. The Labute approximate surface area is 120 Å². The first-order valence-corrected chi connectivity index (χ1v) is 8.05. The van der Waals surface area contributed by atoms with E-state index in [0.717, 1.165) is 38.8 Å². The van der Waals surface area contributed by atoms with Crippen molar-refractivity contribution in [1.29, 1.82) is 0 Å². The SMILES string of the molecule is O=C(CN1CCCC(O)C1)N1CCOC2CCCCC21. The van der Waals surface area contributed by atoms with Gasteiger partial charge in [-0.2, -0.15) is 0 Å². The third-order valence-electron chi connectivity index (χ3n) is 4.89. The van der Waals surface area contributed by atoms with Crippen LogP contribution in [0.1, 0.15) is 38.5 Å². The largest absolute Gasteiger partial charge is 0.392 e. The van der Waals surface area contributed by atoms with Gasteiger partial charge in [0.2, 0.25) is 5.91 Å². The molecule has 3 aliphatic rings. The molecule has 0 bridgehead atoms. The van der Waals surface area contributed by atoms with E-state index in [-0.39, 0.29) is 18.1 Å². The lowest BCUT2D eigenvalue weighted by molar-refractivity contribution is -0.151. The highest BCUT2D eigenvalue weighted by atomic mass is 16.5. The second-order valence-corrected chi connectivity index (χ2v) is 6.38. The lowest BCUT2D eigenvalue weighted by Crippen LogP contribution is -2.57. The van der Waals surface area contributed by atoms with Crippen molar-refractivity contribution < 1.29 is 14.6 Å². The van der Waals surface area contributed by atoms with Gasteiger partial charge in [-0.3, -0.25) is 9.69 Å². The van der Waals surface area contributed by atoms with Crippen molar-refractivity contribution in [2.45, 2.75) is 56.8 Å². The lowest BCUT2D eigenvalue weighted by atomic mass is 9.90. The Kier molecular flexibility index (Phi) is 4.58. The molecule has 114 valence electrons. The van der Waals surface area contributed by atoms with E-state index in [1.165, 1.54) is 12.8 Å². The molecule has 1 aliphatic carbocycles. The molecule has 5 heteroatoms. The summed E-state index contributed by atoms with van der Waals surface area (Å²) in [5.74, 6) is 0.222. The van der Waals surface area contributed by atoms with Gasteiger partial charge in [0, 0.05) is 13.1 Å². The quantitative estimate of drug-likeness (QED) is 0.806. The number of hydrogen-bond donors (Lipinski definition) is 1.